The lowest BCUT2D eigenvalue weighted by Crippen LogP contribution is -2.50. The summed E-state index contributed by atoms with van der Waals surface area (Å²) < 4.78 is 21.7. The molecule has 6 heteroatoms. The highest BCUT2D eigenvalue weighted by Gasteiger charge is 2.34. The van der Waals surface area contributed by atoms with Crippen LogP contribution < -0.4 is 10.1 Å². The van der Waals surface area contributed by atoms with Gasteiger partial charge in [0.25, 0.3) is 0 Å². The summed E-state index contributed by atoms with van der Waals surface area (Å²) in [4.78, 5) is 12.2. The summed E-state index contributed by atoms with van der Waals surface area (Å²) in [6, 6.07) is 5.77. The SMILES string of the molecule is COc1ccc(CC(=O)NC[C@@H]2COC[C@@H](OC)[C@H]2OC)cc1C. The summed E-state index contributed by atoms with van der Waals surface area (Å²) in [5.41, 5.74) is 1.98. The fourth-order valence-corrected chi connectivity index (χ4v) is 3.09. The van der Waals surface area contributed by atoms with Crippen LogP contribution in [-0.4, -0.2) is 59.2 Å². The van der Waals surface area contributed by atoms with E-state index >= 15 is 0 Å². The fourth-order valence-electron chi connectivity index (χ4n) is 3.09. The number of amides is 1. The van der Waals surface area contributed by atoms with E-state index in [4.69, 9.17) is 18.9 Å². The van der Waals surface area contributed by atoms with Crippen LogP contribution in [0.4, 0.5) is 0 Å². The molecule has 2 rings (SSSR count). The molecule has 1 fully saturated rings. The Hall–Kier alpha value is -1.63. The van der Waals surface area contributed by atoms with E-state index in [1.165, 1.54) is 0 Å². The van der Waals surface area contributed by atoms with Gasteiger partial charge >= 0.3 is 0 Å². The monoisotopic (exact) mass is 337 g/mol. The van der Waals surface area contributed by atoms with Crippen LogP contribution in [0.3, 0.4) is 0 Å². The topological polar surface area (TPSA) is 66.0 Å². The van der Waals surface area contributed by atoms with E-state index in [1.807, 2.05) is 25.1 Å². The second-order valence-corrected chi connectivity index (χ2v) is 6.06. The number of hydrogen-bond donors (Lipinski definition) is 1. The summed E-state index contributed by atoms with van der Waals surface area (Å²) in [7, 11) is 4.95. The minimum absolute atomic E-state index is 0.0195. The first kappa shape index (κ1) is 18.7. The molecule has 1 aliphatic heterocycles. The molecule has 0 aromatic heterocycles. The fraction of sp³-hybridized carbons (Fsp3) is 0.611. The van der Waals surface area contributed by atoms with Crippen LogP contribution in [0.1, 0.15) is 11.1 Å². The summed E-state index contributed by atoms with van der Waals surface area (Å²) in [6.45, 7) is 3.55. The number of methoxy groups -OCH3 is 3. The van der Waals surface area contributed by atoms with Gasteiger partial charge in [-0.2, -0.15) is 0 Å². The van der Waals surface area contributed by atoms with E-state index in [-0.39, 0.29) is 24.0 Å². The maximum atomic E-state index is 12.2. The molecular weight excluding hydrogens is 310 g/mol. The molecule has 1 aromatic carbocycles. The van der Waals surface area contributed by atoms with E-state index in [2.05, 4.69) is 5.32 Å². The molecule has 0 bridgehead atoms. The van der Waals surface area contributed by atoms with E-state index in [9.17, 15) is 4.79 Å². The number of carbonyl (C=O) groups is 1. The standard InChI is InChI=1S/C18H27NO5/c1-12-7-13(5-6-15(12)21-2)8-17(20)19-9-14-10-24-11-16(22-3)18(14)23-4/h5-7,14,16,18H,8-11H2,1-4H3,(H,19,20)/t14-,16-,18+/m1/s1. The smallest absolute Gasteiger partial charge is 0.224 e. The van der Waals surface area contributed by atoms with Crippen LogP contribution in [0.15, 0.2) is 18.2 Å². The van der Waals surface area contributed by atoms with Crippen molar-refractivity contribution < 1.29 is 23.7 Å². The van der Waals surface area contributed by atoms with Gasteiger partial charge in [0.1, 0.15) is 11.9 Å². The molecule has 1 heterocycles. The quantitative estimate of drug-likeness (QED) is 0.813. The third kappa shape index (κ3) is 4.69. The Morgan fingerprint density at radius 1 is 1.25 bits per heavy atom. The number of benzene rings is 1. The summed E-state index contributed by atoms with van der Waals surface area (Å²) >= 11 is 0. The average molecular weight is 337 g/mol. The van der Waals surface area contributed by atoms with Gasteiger partial charge in [-0.25, -0.2) is 0 Å². The third-order valence-electron chi connectivity index (χ3n) is 4.41. The second kappa shape index (κ2) is 9.01. The third-order valence-corrected chi connectivity index (χ3v) is 4.41. The van der Waals surface area contributed by atoms with Crippen LogP contribution in [-0.2, 0) is 25.4 Å². The van der Waals surface area contributed by atoms with Gasteiger partial charge in [0.05, 0.1) is 32.8 Å². The first-order valence-corrected chi connectivity index (χ1v) is 8.12. The number of ether oxygens (including phenoxy) is 4. The van der Waals surface area contributed by atoms with Crippen LogP contribution >= 0.6 is 0 Å². The molecule has 0 aliphatic carbocycles. The van der Waals surface area contributed by atoms with Crippen LogP contribution in [0, 0.1) is 12.8 Å². The van der Waals surface area contributed by atoms with Crippen molar-refractivity contribution in [1.29, 1.82) is 0 Å². The van der Waals surface area contributed by atoms with Crippen molar-refractivity contribution in [2.45, 2.75) is 25.6 Å². The number of carbonyl (C=O) groups excluding carboxylic acids is 1. The molecule has 0 spiro atoms. The maximum absolute atomic E-state index is 12.2. The zero-order valence-electron chi connectivity index (χ0n) is 14.8. The summed E-state index contributed by atoms with van der Waals surface area (Å²) in [6.07, 6.45) is 0.159. The lowest BCUT2D eigenvalue weighted by atomic mass is 9.96. The Morgan fingerprint density at radius 3 is 2.67 bits per heavy atom. The zero-order valence-corrected chi connectivity index (χ0v) is 14.8. The molecule has 3 atom stereocenters. The molecule has 1 saturated heterocycles. The van der Waals surface area contributed by atoms with Gasteiger partial charge < -0.3 is 24.3 Å². The van der Waals surface area contributed by atoms with Crippen molar-refractivity contribution >= 4 is 5.91 Å². The van der Waals surface area contributed by atoms with Gasteiger partial charge in [-0.3, -0.25) is 4.79 Å². The van der Waals surface area contributed by atoms with Crippen molar-refractivity contribution in [3.8, 4) is 5.75 Å². The lowest BCUT2D eigenvalue weighted by Gasteiger charge is -2.36. The minimum atomic E-state index is -0.102. The number of nitrogens with one attached hydrogen (secondary N) is 1. The van der Waals surface area contributed by atoms with E-state index in [1.54, 1.807) is 21.3 Å². The van der Waals surface area contributed by atoms with Crippen LogP contribution in [0.2, 0.25) is 0 Å². The Kier molecular flexibility index (Phi) is 7.02. The number of rotatable bonds is 7. The normalized spacial score (nSPS) is 23.8. The molecule has 1 N–H and O–H groups in total. The van der Waals surface area contributed by atoms with E-state index in [0.717, 1.165) is 16.9 Å². The predicted molar refractivity (Wildman–Crippen MR) is 90.3 cm³/mol. The number of aryl methyl sites for hydroxylation is 1. The molecule has 1 aliphatic rings. The van der Waals surface area contributed by atoms with Crippen molar-refractivity contribution in [3.63, 3.8) is 0 Å². The minimum Gasteiger partial charge on any atom is -0.496 e. The first-order chi connectivity index (χ1) is 11.6. The Labute approximate surface area is 143 Å². The lowest BCUT2D eigenvalue weighted by molar-refractivity contribution is -0.147. The predicted octanol–water partition coefficient (Wildman–Crippen LogP) is 1.34. The number of hydrogen-bond acceptors (Lipinski definition) is 5. The molecule has 0 radical (unpaired) electrons. The molecule has 0 saturated carbocycles. The largest absolute Gasteiger partial charge is 0.496 e. The Morgan fingerprint density at radius 2 is 2.04 bits per heavy atom. The van der Waals surface area contributed by atoms with Gasteiger partial charge in [0, 0.05) is 26.7 Å². The Balaban J connectivity index is 1.87. The van der Waals surface area contributed by atoms with Crippen molar-refractivity contribution in [2.75, 3.05) is 41.1 Å². The highest BCUT2D eigenvalue weighted by molar-refractivity contribution is 5.78. The Bertz CT molecular complexity index is 548. The summed E-state index contributed by atoms with van der Waals surface area (Å²) in [5, 5.41) is 2.97. The molecule has 1 aromatic rings. The second-order valence-electron chi connectivity index (χ2n) is 6.06. The molecule has 0 unspecified atom stereocenters. The van der Waals surface area contributed by atoms with E-state index in [0.29, 0.717) is 26.2 Å². The summed E-state index contributed by atoms with van der Waals surface area (Å²) in [5.74, 6) is 0.885. The molecule has 24 heavy (non-hydrogen) atoms. The van der Waals surface area contributed by atoms with E-state index < -0.39 is 0 Å². The van der Waals surface area contributed by atoms with Crippen molar-refractivity contribution in [1.82, 2.24) is 5.32 Å². The van der Waals surface area contributed by atoms with Crippen LogP contribution in [0.25, 0.3) is 0 Å². The average Bonchev–Trinajstić information content (AvgIpc) is 2.59. The maximum Gasteiger partial charge on any atom is 0.224 e. The van der Waals surface area contributed by atoms with Gasteiger partial charge in [0.15, 0.2) is 0 Å². The zero-order chi connectivity index (χ0) is 17.5. The molecule has 134 valence electrons. The first-order valence-electron chi connectivity index (χ1n) is 8.12. The molecule has 1 amide bonds. The highest BCUT2D eigenvalue weighted by Crippen LogP contribution is 2.20. The molecule has 6 nitrogen and oxygen atoms in total. The van der Waals surface area contributed by atoms with Crippen LogP contribution in [0.5, 0.6) is 5.75 Å². The van der Waals surface area contributed by atoms with Crippen molar-refractivity contribution in [2.24, 2.45) is 5.92 Å². The highest BCUT2D eigenvalue weighted by atomic mass is 16.6. The van der Waals surface area contributed by atoms with Gasteiger partial charge in [0.2, 0.25) is 5.91 Å². The van der Waals surface area contributed by atoms with Gasteiger partial charge in [-0.15, -0.1) is 0 Å². The van der Waals surface area contributed by atoms with Gasteiger partial charge in [-0.1, -0.05) is 12.1 Å². The van der Waals surface area contributed by atoms with Gasteiger partial charge in [-0.05, 0) is 24.1 Å². The molecular formula is C18H27NO5. The van der Waals surface area contributed by atoms with Crippen molar-refractivity contribution in [3.05, 3.63) is 29.3 Å².